The lowest BCUT2D eigenvalue weighted by molar-refractivity contribution is 1.18. The SMILES string of the molecule is [B]c1c([B])c([B])c2c(c1[B])c1c([B])c(-c3ccc4c(c3)c3cc(-c5ccccc5)ccc3n4-c3ccccc3)c([B])c([B])c1n2-c1cc(-c2ccccc2)cc(-c2ccccc2)c1. The second kappa shape index (κ2) is 15.1. The number of benzene rings is 9. The van der Waals surface area contributed by atoms with E-state index >= 15 is 0 Å². The van der Waals surface area contributed by atoms with Crippen LogP contribution in [-0.2, 0) is 0 Å². The molecule has 0 N–H and O–H groups in total. The largest absolute Gasteiger partial charge is 0.310 e. The molecule has 0 atom stereocenters. The molecule has 0 saturated carbocycles. The van der Waals surface area contributed by atoms with Gasteiger partial charge in [-0.1, -0.05) is 149 Å². The van der Waals surface area contributed by atoms with E-state index in [9.17, 15) is 0 Å². The number of para-hydroxylation sites is 1. The van der Waals surface area contributed by atoms with Gasteiger partial charge < -0.3 is 9.13 Å². The van der Waals surface area contributed by atoms with Crippen LogP contribution in [0.25, 0.3) is 99.5 Å². The maximum absolute atomic E-state index is 7.46. The Balaban J connectivity index is 1.22. The highest BCUT2D eigenvalue weighted by Crippen LogP contribution is 2.39. The number of hydrogen-bond acceptors (Lipinski definition) is 0. The Morgan fingerprint density at radius 3 is 1.24 bits per heavy atom. The van der Waals surface area contributed by atoms with Crippen molar-refractivity contribution in [3.63, 3.8) is 0 Å². The van der Waals surface area contributed by atoms with E-state index in [4.69, 9.17) is 54.9 Å². The molecular formula is C54H29B7N2. The van der Waals surface area contributed by atoms with Crippen LogP contribution < -0.4 is 38.2 Å². The molecule has 63 heavy (non-hydrogen) atoms. The molecule has 0 saturated heterocycles. The van der Waals surface area contributed by atoms with Crippen molar-refractivity contribution >= 4 is 137 Å². The normalized spacial score (nSPS) is 11.6. The minimum absolute atomic E-state index is 0.169. The molecule has 0 fully saturated rings. The van der Waals surface area contributed by atoms with E-state index in [-0.39, 0.29) is 21.9 Å². The van der Waals surface area contributed by atoms with Crippen molar-refractivity contribution in [2.75, 3.05) is 0 Å². The summed E-state index contributed by atoms with van der Waals surface area (Å²) in [6.45, 7) is 0. The molecule has 11 rings (SSSR count). The van der Waals surface area contributed by atoms with Crippen LogP contribution in [0, 0.1) is 0 Å². The number of nitrogens with zero attached hydrogens (tertiary/aromatic N) is 2. The van der Waals surface area contributed by atoms with Crippen LogP contribution in [-0.4, -0.2) is 64.1 Å². The molecule has 9 heteroatoms. The van der Waals surface area contributed by atoms with Gasteiger partial charge in [-0.2, -0.15) is 0 Å². The first-order valence-corrected chi connectivity index (χ1v) is 20.7. The van der Waals surface area contributed by atoms with Gasteiger partial charge in [0.2, 0.25) is 0 Å². The minimum Gasteiger partial charge on any atom is -0.310 e. The monoisotopic (exact) mass is 782 g/mol. The summed E-state index contributed by atoms with van der Waals surface area (Å²) >= 11 is 0. The van der Waals surface area contributed by atoms with Gasteiger partial charge in [0.1, 0.15) is 54.9 Å². The molecule has 0 aliphatic rings. The molecule has 9 aromatic carbocycles. The predicted octanol–water partition coefficient (Wildman–Crippen LogP) is 6.11. The molecule has 0 aliphatic carbocycles. The molecular weight excluding hydrogens is 752 g/mol. The fraction of sp³-hybridized carbons (Fsp3) is 0. The Hall–Kier alpha value is -6.97. The maximum Gasteiger partial charge on any atom is 0.115 e. The zero-order valence-electron chi connectivity index (χ0n) is 34.2. The molecule has 2 aromatic heterocycles. The minimum atomic E-state index is 0.169. The molecule has 0 aliphatic heterocycles. The Bertz CT molecular complexity index is 3560. The summed E-state index contributed by atoms with van der Waals surface area (Å²) in [7, 11) is 49.3. The highest BCUT2D eigenvalue weighted by molar-refractivity contribution is 6.69. The average Bonchev–Trinajstić information content (AvgIpc) is 3.87. The van der Waals surface area contributed by atoms with Gasteiger partial charge in [-0.15, -0.1) is 10.9 Å². The standard InChI is InChI=1S/C54H29B7N2/c55-46-43(34-22-24-42-40(29-34)39-28-33(30-13-5-1-6-14-30)21-23-41(39)62(42)37-19-11-4-12-20-37)47(56)51(60)53-44(46)45-48(57)49(58)50(59)52(61)54(45)63(53)38-26-35(31-15-7-2-8-16-31)25-36(27-38)32-17-9-3-10-18-32/h1-29H. The molecule has 0 unspecified atom stereocenters. The van der Waals surface area contributed by atoms with Crippen molar-refractivity contribution in [1.29, 1.82) is 0 Å². The summed E-state index contributed by atoms with van der Waals surface area (Å²) in [6, 6.07) is 60.4. The average molecular weight is 782 g/mol. The van der Waals surface area contributed by atoms with Crippen LogP contribution in [0.15, 0.2) is 176 Å². The lowest BCUT2D eigenvalue weighted by Crippen LogP contribution is -2.48. The fourth-order valence-corrected chi connectivity index (χ4v) is 9.44. The van der Waals surface area contributed by atoms with Crippen LogP contribution in [0.5, 0.6) is 0 Å². The van der Waals surface area contributed by atoms with E-state index < -0.39 is 0 Å². The molecule has 276 valence electrons. The smallest absolute Gasteiger partial charge is 0.115 e. The van der Waals surface area contributed by atoms with E-state index in [2.05, 4.69) is 126 Å². The third-order valence-electron chi connectivity index (χ3n) is 12.5. The number of aromatic nitrogens is 2. The molecule has 0 amide bonds. The van der Waals surface area contributed by atoms with Crippen LogP contribution in [0.3, 0.4) is 0 Å². The third kappa shape index (κ3) is 6.12. The summed E-state index contributed by atoms with van der Waals surface area (Å²) < 4.78 is 4.27. The lowest BCUT2D eigenvalue weighted by atomic mass is 9.64. The number of hydrogen-bond donors (Lipinski definition) is 0. The van der Waals surface area contributed by atoms with E-state index in [1.54, 1.807) is 0 Å². The Kier molecular flexibility index (Phi) is 9.35. The van der Waals surface area contributed by atoms with Gasteiger partial charge in [-0.3, -0.25) is 0 Å². The topological polar surface area (TPSA) is 9.86 Å². The second-order valence-corrected chi connectivity index (χ2v) is 16.1. The van der Waals surface area contributed by atoms with Crippen molar-refractivity contribution in [3.8, 4) is 55.9 Å². The molecule has 2 heterocycles. The molecule has 14 radical (unpaired) electrons. The van der Waals surface area contributed by atoms with E-state index in [0.717, 1.165) is 72.1 Å². The first kappa shape index (κ1) is 38.9. The van der Waals surface area contributed by atoms with Gasteiger partial charge in [0, 0.05) is 38.6 Å². The van der Waals surface area contributed by atoms with Crippen molar-refractivity contribution in [3.05, 3.63) is 176 Å². The molecule has 0 bridgehead atoms. The van der Waals surface area contributed by atoms with Crippen molar-refractivity contribution in [2.24, 2.45) is 0 Å². The predicted molar refractivity (Wildman–Crippen MR) is 275 cm³/mol. The van der Waals surface area contributed by atoms with Crippen LogP contribution in [0.2, 0.25) is 0 Å². The molecule has 0 spiro atoms. The molecule has 2 nitrogen and oxygen atoms in total. The van der Waals surface area contributed by atoms with Crippen LogP contribution in [0.1, 0.15) is 0 Å². The summed E-state index contributed by atoms with van der Waals surface area (Å²) in [6.07, 6.45) is 0. The van der Waals surface area contributed by atoms with E-state index in [0.29, 0.717) is 43.8 Å². The number of fused-ring (bicyclic) bond motifs is 6. The van der Waals surface area contributed by atoms with Gasteiger partial charge in [0.15, 0.2) is 0 Å². The highest BCUT2D eigenvalue weighted by Gasteiger charge is 2.25. The summed E-state index contributed by atoms with van der Waals surface area (Å²) in [5.74, 6) is 0. The third-order valence-corrected chi connectivity index (χ3v) is 12.5. The van der Waals surface area contributed by atoms with Gasteiger partial charge >= 0.3 is 0 Å². The summed E-state index contributed by atoms with van der Waals surface area (Å²) in [4.78, 5) is 0. The van der Waals surface area contributed by atoms with Crippen molar-refractivity contribution < 1.29 is 0 Å². The van der Waals surface area contributed by atoms with Gasteiger partial charge in [-0.05, 0) is 104 Å². The molecule has 11 aromatic rings. The van der Waals surface area contributed by atoms with Gasteiger partial charge in [0.25, 0.3) is 0 Å². The zero-order chi connectivity index (χ0) is 43.1. The zero-order valence-corrected chi connectivity index (χ0v) is 34.2. The fourth-order valence-electron chi connectivity index (χ4n) is 9.44. The first-order chi connectivity index (χ1) is 30.7. The second-order valence-electron chi connectivity index (χ2n) is 16.1. The van der Waals surface area contributed by atoms with Crippen LogP contribution in [0.4, 0.5) is 0 Å². The highest BCUT2D eigenvalue weighted by atomic mass is 15.0. The quantitative estimate of drug-likeness (QED) is 0.181. The lowest BCUT2D eigenvalue weighted by Gasteiger charge is -2.20. The summed E-state index contributed by atoms with van der Waals surface area (Å²) in [5, 5.41) is 3.22. The van der Waals surface area contributed by atoms with Gasteiger partial charge in [0.05, 0.1) is 11.0 Å². The van der Waals surface area contributed by atoms with E-state index in [1.807, 2.05) is 59.2 Å². The van der Waals surface area contributed by atoms with Crippen LogP contribution >= 0.6 is 0 Å². The Morgan fingerprint density at radius 2 is 0.698 bits per heavy atom. The van der Waals surface area contributed by atoms with Crippen molar-refractivity contribution in [1.82, 2.24) is 9.13 Å². The van der Waals surface area contributed by atoms with Crippen molar-refractivity contribution in [2.45, 2.75) is 0 Å². The maximum atomic E-state index is 7.46. The van der Waals surface area contributed by atoms with E-state index in [1.165, 1.54) is 0 Å². The first-order valence-electron chi connectivity index (χ1n) is 20.7. The Labute approximate surface area is 375 Å². The Morgan fingerprint density at radius 1 is 0.270 bits per heavy atom. The summed E-state index contributed by atoms with van der Waals surface area (Å²) in [5.41, 5.74) is 14.5. The number of rotatable bonds is 6. The van der Waals surface area contributed by atoms with Gasteiger partial charge in [-0.25, -0.2) is 0 Å².